The first-order valence-corrected chi connectivity index (χ1v) is 8.65. The predicted molar refractivity (Wildman–Crippen MR) is 98.7 cm³/mol. The Morgan fingerprint density at radius 2 is 1.88 bits per heavy atom. The van der Waals surface area contributed by atoms with Crippen molar-refractivity contribution in [1.29, 1.82) is 0 Å². The van der Waals surface area contributed by atoms with Crippen molar-refractivity contribution in [3.8, 4) is 5.69 Å². The summed E-state index contributed by atoms with van der Waals surface area (Å²) in [5.41, 5.74) is 3.09. The number of rotatable bonds is 1. The minimum atomic E-state index is -0.121. The van der Waals surface area contributed by atoms with Gasteiger partial charge in [0.1, 0.15) is 0 Å². The number of para-hydroxylation sites is 1. The predicted octanol–water partition coefficient (Wildman–Crippen LogP) is 4.51. The maximum absolute atomic E-state index is 13.2. The van der Waals surface area contributed by atoms with Gasteiger partial charge in [0, 0.05) is 5.02 Å². The second kappa shape index (κ2) is 4.93. The highest BCUT2D eigenvalue weighted by molar-refractivity contribution is 7.18. The average Bonchev–Trinajstić information content (AvgIpc) is 3.18. The number of hydrogen-bond donors (Lipinski definition) is 0. The lowest BCUT2D eigenvalue weighted by Crippen LogP contribution is -2.20. The maximum Gasteiger partial charge on any atom is 0.281 e. The summed E-state index contributed by atoms with van der Waals surface area (Å²) >= 11 is 7.66. The Morgan fingerprint density at radius 3 is 2.71 bits per heavy atom. The number of nitrogens with zero attached hydrogens (tertiary/aromatic N) is 3. The number of fused-ring (bicyclic) bond motifs is 4. The van der Waals surface area contributed by atoms with Crippen LogP contribution in [0, 0.1) is 0 Å². The molecule has 0 spiro atoms. The smallest absolute Gasteiger partial charge is 0.267 e. The van der Waals surface area contributed by atoms with Gasteiger partial charge >= 0.3 is 0 Å². The monoisotopic (exact) mass is 351 g/mol. The lowest BCUT2D eigenvalue weighted by Gasteiger charge is -2.08. The van der Waals surface area contributed by atoms with E-state index in [1.807, 2.05) is 46.5 Å². The summed E-state index contributed by atoms with van der Waals surface area (Å²) < 4.78 is 4.54. The molecule has 0 aliphatic carbocycles. The van der Waals surface area contributed by atoms with Crippen LogP contribution in [0.2, 0.25) is 5.02 Å². The summed E-state index contributed by atoms with van der Waals surface area (Å²) in [7, 11) is 0. The third-order valence-corrected chi connectivity index (χ3v) is 5.22. The molecule has 0 saturated carbocycles. The molecule has 0 radical (unpaired) electrons. The molecule has 0 aliphatic heterocycles. The van der Waals surface area contributed by atoms with E-state index in [2.05, 4.69) is 0 Å². The van der Waals surface area contributed by atoms with E-state index in [0.717, 1.165) is 15.9 Å². The van der Waals surface area contributed by atoms with Gasteiger partial charge in [-0.2, -0.15) is 4.52 Å². The van der Waals surface area contributed by atoms with Crippen molar-refractivity contribution in [2.45, 2.75) is 0 Å². The molecule has 0 N–H and O–H groups in total. The van der Waals surface area contributed by atoms with E-state index in [1.54, 1.807) is 34.1 Å². The normalized spacial score (nSPS) is 11.7. The Balaban J connectivity index is 2.07. The lowest BCUT2D eigenvalue weighted by molar-refractivity contribution is 0.794. The molecule has 0 aliphatic rings. The fourth-order valence-corrected chi connectivity index (χ4v) is 4.07. The van der Waals surface area contributed by atoms with Gasteiger partial charge in [-0.25, -0.2) is 9.67 Å². The average molecular weight is 352 g/mol. The number of halogens is 1. The molecule has 2 aromatic carbocycles. The van der Waals surface area contributed by atoms with E-state index in [4.69, 9.17) is 16.6 Å². The zero-order chi connectivity index (χ0) is 16.3. The van der Waals surface area contributed by atoms with Gasteiger partial charge in [-0.05, 0) is 41.8 Å². The minimum Gasteiger partial charge on any atom is -0.267 e. The highest BCUT2D eigenvalue weighted by Gasteiger charge is 2.17. The van der Waals surface area contributed by atoms with Crippen LogP contribution >= 0.6 is 22.9 Å². The van der Waals surface area contributed by atoms with Gasteiger partial charge in [0.2, 0.25) is 0 Å². The summed E-state index contributed by atoms with van der Waals surface area (Å²) in [4.78, 5) is 17.9. The number of benzene rings is 2. The van der Waals surface area contributed by atoms with Crippen LogP contribution in [0.15, 0.2) is 64.8 Å². The zero-order valence-corrected chi connectivity index (χ0v) is 13.9. The highest BCUT2D eigenvalue weighted by atomic mass is 35.5. The minimum absolute atomic E-state index is 0.121. The Labute approximate surface area is 145 Å². The largest absolute Gasteiger partial charge is 0.281 e. The van der Waals surface area contributed by atoms with Crippen molar-refractivity contribution in [3.63, 3.8) is 0 Å². The molecule has 5 rings (SSSR count). The molecule has 6 heteroatoms. The lowest BCUT2D eigenvalue weighted by atomic mass is 10.2. The van der Waals surface area contributed by atoms with Gasteiger partial charge in [-0.15, -0.1) is 11.3 Å². The van der Waals surface area contributed by atoms with E-state index < -0.39 is 0 Å². The van der Waals surface area contributed by atoms with Gasteiger partial charge in [0.15, 0.2) is 5.65 Å². The molecule has 24 heavy (non-hydrogen) atoms. The molecule has 5 aromatic rings. The second-order valence-electron chi connectivity index (χ2n) is 5.50. The third kappa shape index (κ3) is 1.79. The molecular weight excluding hydrogens is 342 g/mol. The molecule has 0 saturated heterocycles. The van der Waals surface area contributed by atoms with Crippen molar-refractivity contribution >= 4 is 49.7 Å². The second-order valence-corrected chi connectivity index (χ2v) is 6.85. The van der Waals surface area contributed by atoms with Crippen molar-refractivity contribution in [2.24, 2.45) is 0 Å². The number of aromatic nitrogens is 3. The molecule has 0 fully saturated rings. The summed E-state index contributed by atoms with van der Waals surface area (Å²) in [5, 5.41) is 3.06. The number of thiophene rings is 1. The van der Waals surface area contributed by atoms with Crippen LogP contribution in [-0.4, -0.2) is 14.2 Å². The summed E-state index contributed by atoms with van der Waals surface area (Å²) in [6.45, 7) is 0. The first kappa shape index (κ1) is 13.8. The van der Waals surface area contributed by atoms with E-state index in [0.29, 0.717) is 21.6 Å². The SMILES string of the molecule is O=c1c2cc(Cl)ccc2nc2c3sccc3n(-c3ccccc3)n12. The molecular formula is C18H10ClN3OS. The van der Waals surface area contributed by atoms with E-state index in [9.17, 15) is 4.79 Å². The first-order valence-electron chi connectivity index (χ1n) is 7.40. The molecule has 0 bridgehead atoms. The van der Waals surface area contributed by atoms with Crippen molar-refractivity contribution in [2.75, 3.05) is 0 Å². The third-order valence-electron chi connectivity index (χ3n) is 4.08. The van der Waals surface area contributed by atoms with Crippen LogP contribution in [0.4, 0.5) is 0 Å². The van der Waals surface area contributed by atoms with Gasteiger partial charge in [-0.1, -0.05) is 29.8 Å². The van der Waals surface area contributed by atoms with Gasteiger partial charge in [0.25, 0.3) is 5.56 Å². The molecule has 0 atom stereocenters. The summed E-state index contributed by atoms with van der Waals surface area (Å²) in [6, 6.07) is 17.1. The first-order chi connectivity index (χ1) is 11.7. The van der Waals surface area contributed by atoms with Gasteiger partial charge < -0.3 is 0 Å². The van der Waals surface area contributed by atoms with Crippen molar-refractivity contribution < 1.29 is 0 Å². The maximum atomic E-state index is 13.2. The van der Waals surface area contributed by atoms with Gasteiger partial charge in [-0.3, -0.25) is 4.79 Å². The Kier molecular flexibility index (Phi) is 2.83. The fraction of sp³-hybridized carbons (Fsp3) is 0. The summed E-state index contributed by atoms with van der Waals surface area (Å²) in [6.07, 6.45) is 0. The molecule has 0 amide bonds. The zero-order valence-electron chi connectivity index (χ0n) is 12.3. The van der Waals surface area contributed by atoms with Crippen LogP contribution in [0.25, 0.3) is 32.5 Å². The van der Waals surface area contributed by atoms with Crippen LogP contribution in [0.1, 0.15) is 0 Å². The van der Waals surface area contributed by atoms with Crippen LogP contribution < -0.4 is 5.56 Å². The molecule has 0 unspecified atom stereocenters. The standard InChI is InChI=1S/C18H10ClN3OS/c19-11-6-7-14-13(10-11)18(23)22-17(20-14)16-15(8-9-24-16)21(22)12-4-2-1-3-5-12/h1-10H. The molecule has 3 heterocycles. The molecule has 3 aromatic heterocycles. The molecule has 4 nitrogen and oxygen atoms in total. The van der Waals surface area contributed by atoms with Crippen molar-refractivity contribution in [1.82, 2.24) is 14.2 Å². The van der Waals surface area contributed by atoms with E-state index in [1.165, 1.54) is 0 Å². The van der Waals surface area contributed by atoms with Crippen LogP contribution in [0.5, 0.6) is 0 Å². The van der Waals surface area contributed by atoms with Gasteiger partial charge in [0.05, 0.1) is 26.8 Å². The quantitative estimate of drug-likeness (QED) is 0.446. The summed E-state index contributed by atoms with van der Waals surface area (Å²) in [5.74, 6) is 0. The molecule has 116 valence electrons. The van der Waals surface area contributed by atoms with Crippen LogP contribution in [0.3, 0.4) is 0 Å². The van der Waals surface area contributed by atoms with Crippen LogP contribution in [-0.2, 0) is 0 Å². The van der Waals surface area contributed by atoms with E-state index >= 15 is 0 Å². The highest BCUT2D eigenvalue weighted by Crippen LogP contribution is 2.29. The Morgan fingerprint density at radius 1 is 1.04 bits per heavy atom. The Bertz CT molecular complexity index is 1280. The Hall–Kier alpha value is -2.63. The number of hydrogen-bond acceptors (Lipinski definition) is 3. The topological polar surface area (TPSA) is 39.3 Å². The fourth-order valence-electron chi connectivity index (χ4n) is 3.05. The van der Waals surface area contributed by atoms with Crippen molar-refractivity contribution in [3.05, 3.63) is 75.4 Å². The van der Waals surface area contributed by atoms with E-state index in [-0.39, 0.29) is 5.56 Å².